The summed E-state index contributed by atoms with van der Waals surface area (Å²) in [5.41, 5.74) is -0.199. The van der Waals surface area contributed by atoms with Gasteiger partial charge < -0.3 is 4.74 Å². The van der Waals surface area contributed by atoms with Gasteiger partial charge in [0.1, 0.15) is 6.61 Å². The molecule has 1 aromatic heterocycles. The Balaban J connectivity index is 1.90. The second-order valence-electron chi connectivity index (χ2n) is 3.53. The first-order valence-corrected chi connectivity index (χ1v) is 4.27. The molecule has 0 saturated heterocycles. The number of nitriles is 1. The molecule has 0 spiro atoms. The molecule has 1 heterocycles. The summed E-state index contributed by atoms with van der Waals surface area (Å²) in [5, 5.41) is 12.8. The molecule has 0 aliphatic heterocycles. The van der Waals surface area contributed by atoms with Gasteiger partial charge in [-0.05, 0) is 12.8 Å². The number of ether oxygens (including phenoxy) is 1. The topological polar surface area (TPSA) is 50.8 Å². The number of rotatable bonds is 3. The number of hydrogen-bond acceptors (Lipinski definition) is 3. The molecule has 1 fully saturated rings. The molecule has 4 heteroatoms. The van der Waals surface area contributed by atoms with Crippen molar-refractivity contribution in [3.05, 3.63) is 12.4 Å². The van der Waals surface area contributed by atoms with Crippen molar-refractivity contribution in [2.24, 2.45) is 12.5 Å². The van der Waals surface area contributed by atoms with Crippen molar-refractivity contribution < 1.29 is 4.74 Å². The molecule has 1 aliphatic rings. The molecule has 1 aliphatic carbocycles. The molecule has 0 radical (unpaired) electrons. The Kier molecular flexibility index (Phi) is 1.73. The van der Waals surface area contributed by atoms with Crippen LogP contribution in [-0.2, 0) is 7.05 Å². The molecule has 0 aromatic carbocycles. The molecule has 1 saturated carbocycles. The lowest BCUT2D eigenvalue weighted by molar-refractivity contribution is 0.268. The van der Waals surface area contributed by atoms with Crippen LogP contribution in [0.1, 0.15) is 12.8 Å². The van der Waals surface area contributed by atoms with Gasteiger partial charge in [-0.1, -0.05) is 0 Å². The summed E-state index contributed by atoms with van der Waals surface area (Å²) in [7, 11) is 1.84. The smallest absolute Gasteiger partial charge is 0.157 e. The van der Waals surface area contributed by atoms with E-state index in [0.29, 0.717) is 6.61 Å². The maximum absolute atomic E-state index is 8.79. The Morgan fingerprint density at radius 1 is 1.77 bits per heavy atom. The highest BCUT2D eigenvalue weighted by Gasteiger charge is 2.44. The predicted octanol–water partition coefficient (Wildman–Crippen LogP) is 1.10. The van der Waals surface area contributed by atoms with E-state index < -0.39 is 0 Å². The number of aromatic nitrogens is 2. The summed E-state index contributed by atoms with van der Waals surface area (Å²) in [4.78, 5) is 0. The van der Waals surface area contributed by atoms with Crippen molar-refractivity contribution in [3.8, 4) is 11.8 Å². The van der Waals surface area contributed by atoms with E-state index in [9.17, 15) is 0 Å². The fourth-order valence-electron chi connectivity index (χ4n) is 1.13. The minimum atomic E-state index is -0.199. The van der Waals surface area contributed by atoms with Crippen LogP contribution in [-0.4, -0.2) is 16.4 Å². The first-order valence-electron chi connectivity index (χ1n) is 4.27. The number of nitrogens with zero attached hydrogens (tertiary/aromatic N) is 3. The third kappa shape index (κ3) is 1.64. The molecule has 0 bridgehead atoms. The molecule has 0 N–H and O–H groups in total. The van der Waals surface area contributed by atoms with Crippen molar-refractivity contribution in [1.29, 1.82) is 5.26 Å². The van der Waals surface area contributed by atoms with Crippen LogP contribution in [0.15, 0.2) is 12.4 Å². The molecule has 1 aromatic rings. The third-order valence-electron chi connectivity index (χ3n) is 2.29. The highest BCUT2D eigenvalue weighted by atomic mass is 16.5. The Labute approximate surface area is 76.7 Å². The van der Waals surface area contributed by atoms with E-state index in [-0.39, 0.29) is 5.41 Å². The lowest BCUT2D eigenvalue weighted by Gasteiger charge is -2.05. The van der Waals surface area contributed by atoms with E-state index in [1.54, 1.807) is 17.1 Å². The summed E-state index contributed by atoms with van der Waals surface area (Å²) in [6.45, 7) is 0.495. The normalized spacial score (nSPS) is 17.8. The maximum atomic E-state index is 8.79. The van der Waals surface area contributed by atoms with Gasteiger partial charge in [-0.3, -0.25) is 4.68 Å². The van der Waals surface area contributed by atoms with Crippen LogP contribution in [0.5, 0.6) is 5.75 Å². The summed E-state index contributed by atoms with van der Waals surface area (Å²) in [6, 6.07) is 2.28. The summed E-state index contributed by atoms with van der Waals surface area (Å²) >= 11 is 0. The first kappa shape index (κ1) is 8.11. The van der Waals surface area contributed by atoms with Gasteiger partial charge in [0.05, 0.1) is 23.9 Å². The summed E-state index contributed by atoms with van der Waals surface area (Å²) in [6.07, 6.45) is 5.38. The Morgan fingerprint density at radius 3 is 3.00 bits per heavy atom. The van der Waals surface area contributed by atoms with Crippen LogP contribution < -0.4 is 4.74 Å². The van der Waals surface area contributed by atoms with Crippen molar-refractivity contribution in [3.63, 3.8) is 0 Å². The van der Waals surface area contributed by atoms with E-state index >= 15 is 0 Å². The number of hydrogen-bond donors (Lipinski definition) is 0. The SMILES string of the molecule is Cn1cc(OCC2(C#N)CC2)cn1. The van der Waals surface area contributed by atoms with Gasteiger partial charge >= 0.3 is 0 Å². The van der Waals surface area contributed by atoms with Gasteiger partial charge in [-0.2, -0.15) is 10.4 Å². The zero-order valence-corrected chi connectivity index (χ0v) is 7.53. The van der Waals surface area contributed by atoms with Crippen LogP contribution in [0.25, 0.3) is 0 Å². The van der Waals surface area contributed by atoms with Gasteiger partial charge in [0.2, 0.25) is 0 Å². The predicted molar refractivity (Wildman–Crippen MR) is 46.0 cm³/mol. The molecule has 4 nitrogen and oxygen atoms in total. The van der Waals surface area contributed by atoms with E-state index in [0.717, 1.165) is 18.6 Å². The van der Waals surface area contributed by atoms with Crippen LogP contribution in [0.3, 0.4) is 0 Å². The fraction of sp³-hybridized carbons (Fsp3) is 0.556. The average molecular weight is 177 g/mol. The minimum absolute atomic E-state index is 0.199. The Bertz CT molecular complexity index is 346. The highest BCUT2D eigenvalue weighted by Crippen LogP contribution is 2.44. The van der Waals surface area contributed by atoms with Crippen molar-refractivity contribution in [1.82, 2.24) is 9.78 Å². The Morgan fingerprint density at radius 2 is 2.54 bits per heavy atom. The molecule has 0 amide bonds. The monoisotopic (exact) mass is 177 g/mol. The van der Waals surface area contributed by atoms with E-state index in [4.69, 9.17) is 10.00 Å². The standard InChI is InChI=1S/C9H11N3O/c1-12-5-8(4-11-12)13-7-9(6-10)2-3-9/h4-5H,2-3,7H2,1H3. The fourth-order valence-corrected chi connectivity index (χ4v) is 1.13. The largest absolute Gasteiger partial charge is 0.489 e. The Hall–Kier alpha value is -1.50. The third-order valence-corrected chi connectivity index (χ3v) is 2.29. The van der Waals surface area contributed by atoms with Crippen molar-refractivity contribution >= 4 is 0 Å². The molecule has 2 rings (SSSR count). The molecule has 0 atom stereocenters. The van der Waals surface area contributed by atoms with Crippen molar-refractivity contribution in [2.75, 3.05) is 6.61 Å². The van der Waals surface area contributed by atoms with Crippen LogP contribution in [0.4, 0.5) is 0 Å². The lowest BCUT2D eigenvalue weighted by Crippen LogP contribution is -2.10. The second-order valence-corrected chi connectivity index (χ2v) is 3.53. The van der Waals surface area contributed by atoms with Crippen LogP contribution >= 0.6 is 0 Å². The van der Waals surface area contributed by atoms with Crippen LogP contribution in [0.2, 0.25) is 0 Å². The average Bonchev–Trinajstić information content (AvgIpc) is 2.81. The lowest BCUT2D eigenvalue weighted by atomic mass is 10.1. The van der Waals surface area contributed by atoms with E-state index in [2.05, 4.69) is 11.2 Å². The zero-order chi connectivity index (χ0) is 9.31. The van der Waals surface area contributed by atoms with Crippen molar-refractivity contribution in [2.45, 2.75) is 12.8 Å². The second kappa shape index (κ2) is 2.77. The molecule has 0 unspecified atom stereocenters. The molecule has 13 heavy (non-hydrogen) atoms. The summed E-state index contributed by atoms with van der Waals surface area (Å²) < 4.78 is 7.12. The van der Waals surface area contributed by atoms with Gasteiger partial charge in [0, 0.05) is 7.05 Å². The summed E-state index contributed by atoms with van der Waals surface area (Å²) in [5.74, 6) is 0.740. The van der Waals surface area contributed by atoms with Gasteiger partial charge in [-0.25, -0.2) is 0 Å². The first-order chi connectivity index (χ1) is 6.24. The van der Waals surface area contributed by atoms with Gasteiger partial charge in [-0.15, -0.1) is 0 Å². The van der Waals surface area contributed by atoms with Crippen LogP contribution in [0, 0.1) is 16.7 Å². The molecular formula is C9H11N3O. The van der Waals surface area contributed by atoms with E-state index in [1.807, 2.05) is 7.05 Å². The minimum Gasteiger partial charge on any atom is -0.489 e. The quantitative estimate of drug-likeness (QED) is 0.694. The molecular weight excluding hydrogens is 166 g/mol. The highest BCUT2D eigenvalue weighted by molar-refractivity contribution is 5.15. The zero-order valence-electron chi connectivity index (χ0n) is 7.53. The number of aryl methyl sites for hydroxylation is 1. The van der Waals surface area contributed by atoms with E-state index in [1.165, 1.54) is 0 Å². The van der Waals surface area contributed by atoms with Gasteiger partial charge in [0.25, 0.3) is 0 Å². The molecule has 68 valence electrons. The van der Waals surface area contributed by atoms with Gasteiger partial charge in [0.15, 0.2) is 5.75 Å². The maximum Gasteiger partial charge on any atom is 0.157 e.